The molecule has 1 aliphatic heterocycles. The molecule has 0 saturated carbocycles. The lowest BCUT2D eigenvalue weighted by Crippen LogP contribution is -2.44. The van der Waals surface area contributed by atoms with Gasteiger partial charge < -0.3 is 16.4 Å². The van der Waals surface area contributed by atoms with Crippen LogP contribution in [0.2, 0.25) is 0 Å². The highest BCUT2D eigenvalue weighted by Gasteiger charge is 2.27. The Morgan fingerprint density at radius 2 is 1.95 bits per heavy atom. The third kappa shape index (κ3) is 3.14. The number of benzene rings is 1. The normalized spacial score (nSPS) is 18.6. The second kappa shape index (κ2) is 6.00. The monoisotopic (exact) mass is 291 g/mol. The lowest BCUT2D eigenvalue weighted by molar-refractivity contribution is -0.123. The first kappa shape index (κ1) is 14.5. The van der Waals surface area contributed by atoms with E-state index in [-0.39, 0.29) is 22.7 Å². The van der Waals surface area contributed by atoms with Crippen molar-refractivity contribution in [1.82, 2.24) is 4.90 Å². The van der Waals surface area contributed by atoms with Gasteiger partial charge in [-0.15, -0.1) is 0 Å². The fourth-order valence-corrected chi connectivity index (χ4v) is 2.51. The standard InChI is InChI=1S/C14H17N3O2S/c15-12(18)11-5-2-6-17(8-11)14(19)10-4-1-3-9(7-10)13(16)20/h1,3-4,7,11H,2,5-6,8H2,(H2,15,18)(H2,16,20). The summed E-state index contributed by atoms with van der Waals surface area (Å²) in [6.07, 6.45) is 1.53. The van der Waals surface area contributed by atoms with Crippen molar-refractivity contribution in [2.24, 2.45) is 17.4 Å². The van der Waals surface area contributed by atoms with Crippen molar-refractivity contribution >= 4 is 29.0 Å². The molecule has 0 aromatic heterocycles. The molecule has 1 aliphatic rings. The molecule has 0 radical (unpaired) electrons. The van der Waals surface area contributed by atoms with Gasteiger partial charge in [-0.2, -0.15) is 0 Å². The zero-order valence-electron chi connectivity index (χ0n) is 11.0. The molecule has 1 aromatic carbocycles. The number of hydrogen-bond donors (Lipinski definition) is 2. The van der Waals surface area contributed by atoms with Crippen molar-refractivity contribution in [2.45, 2.75) is 12.8 Å². The molecule has 1 fully saturated rings. The molecule has 5 nitrogen and oxygen atoms in total. The van der Waals surface area contributed by atoms with E-state index in [1.807, 2.05) is 0 Å². The Bertz CT molecular complexity index is 559. The highest BCUT2D eigenvalue weighted by Crippen LogP contribution is 2.18. The minimum atomic E-state index is -0.348. The number of rotatable bonds is 3. The van der Waals surface area contributed by atoms with Crippen LogP contribution in [0.25, 0.3) is 0 Å². The first-order valence-corrected chi connectivity index (χ1v) is 6.88. The number of primary amides is 1. The number of hydrogen-bond acceptors (Lipinski definition) is 3. The first-order chi connectivity index (χ1) is 9.49. The van der Waals surface area contributed by atoms with Gasteiger partial charge in [-0.3, -0.25) is 9.59 Å². The number of amides is 2. The zero-order valence-corrected chi connectivity index (χ0v) is 11.9. The van der Waals surface area contributed by atoms with Crippen LogP contribution in [0, 0.1) is 5.92 Å². The molecular formula is C14H17N3O2S. The number of carbonyl (C=O) groups excluding carboxylic acids is 2. The third-order valence-electron chi connectivity index (χ3n) is 3.51. The summed E-state index contributed by atoms with van der Waals surface area (Å²) in [5, 5.41) is 0. The summed E-state index contributed by atoms with van der Waals surface area (Å²) in [5.74, 6) is -0.722. The molecular weight excluding hydrogens is 274 g/mol. The van der Waals surface area contributed by atoms with Gasteiger partial charge in [0.2, 0.25) is 5.91 Å². The molecule has 4 N–H and O–H groups in total. The van der Waals surface area contributed by atoms with E-state index in [1.165, 1.54) is 0 Å². The van der Waals surface area contributed by atoms with E-state index in [0.717, 1.165) is 12.8 Å². The predicted molar refractivity (Wildman–Crippen MR) is 80.2 cm³/mol. The van der Waals surface area contributed by atoms with Crippen molar-refractivity contribution in [2.75, 3.05) is 13.1 Å². The number of nitrogens with two attached hydrogens (primary N) is 2. The van der Waals surface area contributed by atoms with Crippen LogP contribution >= 0.6 is 12.2 Å². The topological polar surface area (TPSA) is 89.4 Å². The SMILES string of the molecule is NC(=O)C1CCCN(C(=O)c2cccc(C(N)=S)c2)C1. The lowest BCUT2D eigenvalue weighted by atomic mass is 9.96. The van der Waals surface area contributed by atoms with Gasteiger partial charge in [0.25, 0.3) is 5.91 Å². The second-order valence-corrected chi connectivity index (χ2v) is 5.38. The fraction of sp³-hybridized carbons (Fsp3) is 0.357. The third-order valence-corrected chi connectivity index (χ3v) is 3.74. The summed E-state index contributed by atoms with van der Waals surface area (Å²) >= 11 is 4.91. The number of nitrogens with zero attached hydrogens (tertiary/aromatic N) is 1. The van der Waals surface area contributed by atoms with Crippen LogP contribution in [-0.4, -0.2) is 34.8 Å². The summed E-state index contributed by atoms with van der Waals surface area (Å²) in [7, 11) is 0. The van der Waals surface area contributed by atoms with Crippen molar-refractivity contribution in [3.05, 3.63) is 35.4 Å². The smallest absolute Gasteiger partial charge is 0.253 e. The van der Waals surface area contributed by atoms with Gasteiger partial charge in [0.05, 0.1) is 5.92 Å². The maximum absolute atomic E-state index is 12.4. The van der Waals surface area contributed by atoms with E-state index in [9.17, 15) is 9.59 Å². The van der Waals surface area contributed by atoms with Crippen LogP contribution in [0.1, 0.15) is 28.8 Å². The number of carbonyl (C=O) groups is 2. The Hall–Kier alpha value is -1.95. The van der Waals surface area contributed by atoms with E-state index in [0.29, 0.717) is 24.2 Å². The Kier molecular flexibility index (Phi) is 4.34. The van der Waals surface area contributed by atoms with Crippen LogP contribution in [-0.2, 0) is 4.79 Å². The van der Waals surface area contributed by atoms with E-state index in [1.54, 1.807) is 29.2 Å². The number of thiocarbonyl (C=S) groups is 1. The van der Waals surface area contributed by atoms with Gasteiger partial charge in [0, 0.05) is 24.2 Å². The second-order valence-electron chi connectivity index (χ2n) is 4.94. The molecule has 20 heavy (non-hydrogen) atoms. The Balaban J connectivity index is 2.16. The van der Waals surface area contributed by atoms with Gasteiger partial charge in [-0.05, 0) is 25.0 Å². The Morgan fingerprint density at radius 1 is 1.25 bits per heavy atom. The molecule has 1 aromatic rings. The minimum Gasteiger partial charge on any atom is -0.389 e. The quantitative estimate of drug-likeness (QED) is 0.801. The van der Waals surface area contributed by atoms with E-state index < -0.39 is 0 Å². The zero-order chi connectivity index (χ0) is 14.7. The highest BCUT2D eigenvalue weighted by atomic mass is 32.1. The minimum absolute atomic E-state index is 0.117. The molecule has 2 rings (SSSR count). The predicted octanol–water partition coefficient (Wildman–Crippen LogP) is 0.658. The van der Waals surface area contributed by atoms with Crippen LogP contribution in [0.15, 0.2) is 24.3 Å². The average molecular weight is 291 g/mol. The van der Waals surface area contributed by atoms with Crippen LogP contribution < -0.4 is 11.5 Å². The van der Waals surface area contributed by atoms with Crippen molar-refractivity contribution in [1.29, 1.82) is 0 Å². The molecule has 106 valence electrons. The lowest BCUT2D eigenvalue weighted by Gasteiger charge is -2.31. The molecule has 1 unspecified atom stereocenters. The van der Waals surface area contributed by atoms with E-state index in [2.05, 4.69) is 0 Å². The molecule has 2 amide bonds. The number of likely N-dealkylation sites (tertiary alicyclic amines) is 1. The van der Waals surface area contributed by atoms with Gasteiger partial charge in [0.15, 0.2) is 0 Å². The van der Waals surface area contributed by atoms with E-state index in [4.69, 9.17) is 23.7 Å². The maximum atomic E-state index is 12.4. The molecule has 0 bridgehead atoms. The summed E-state index contributed by atoms with van der Waals surface area (Å²) in [6.45, 7) is 1.02. The summed E-state index contributed by atoms with van der Waals surface area (Å²) in [5.41, 5.74) is 12.1. The van der Waals surface area contributed by atoms with Crippen LogP contribution in [0.3, 0.4) is 0 Å². The van der Waals surface area contributed by atoms with Gasteiger partial charge in [0.1, 0.15) is 4.99 Å². The largest absolute Gasteiger partial charge is 0.389 e. The van der Waals surface area contributed by atoms with Crippen molar-refractivity contribution in [3.63, 3.8) is 0 Å². The van der Waals surface area contributed by atoms with Gasteiger partial charge in [-0.1, -0.05) is 24.4 Å². The molecule has 6 heteroatoms. The Labute approximate surface area is 122 Å². The molecule has 1 saturated heterocycles. The van der Waals surface area contributed by atoms with Gasteiger partial charge in [-0.25, -0.2) is 0 Å². The van der Waals surface area contributed by atoms with Gasteiger partial charge >= 0.3 is 0 Å². The fourth-order valence-electron chi connectivity index (χ4n) is 2.38. The summed E-state index contributed by atoms with van der Waals surface area (Å²) < 4.78 is 0. The van der Waals surface area contributed by atoms with Crippen LogP contribution in [0.5, 0.6) is 0 Å². The first-order valence-electron chi connectivity index (χ1n) is 6.47. The summed E-state index contributed by atoms with van der Waals surface area (Å²) in [6, 6.07) is 6.91. The van der Waals surface area contributed by atoms with Crippen molar-refractivity contribution in [3.8, 4) is 0 Å². The summed E-state index contributed by atoms with van der Waals surface area (Å²) in [4.78, 5) is 25.6. The Morgan fingerprint density at radius 3 is 2.60 bits per heavy atom. The van der Waals surface area contributed by atoms with Crippen molar-refractivity contribution < 1.29 is 9.59 Å². The molecule has 0 aliphatic carbocycles. The molecule has 1 atom stereocenters. The van der Waals surface area contributed by atoms with Crippen LogP contribution in [0.4, 0.5) is 0 Å². The average Bonchev–Trinajstić information content (AvgIpc) is 2.46. The highest BCUT2D eigenvalue weighted by molar-refractivity contribution is 7.80. The maximum Gasteiger partial charge on any atom is 0.253 e. The molecule has 1 heterocycles. The number of piperidine rings is 1. The molecule has 0 spiro atoms. The van der Waals surface area contributed by atoms with E-state index >= 15 is 0 Å².